The number of aromatic hydroxyl groups is 1. The number of phenols is 1. The highest BCUT2D eigenvalue weighted by Crippen LogP contribution is 2.26. The molecule has 0 spiro atoms. The summed E-state index contributed by atoms with van der Waals surface area (Å²) >= 11 is 5.72. The summed E-state index contributed by atoms with van der Waals surface area (Å²) in [5.41, 5.74) is 6.10. The Labute approximate surface area is 82.5 Å². The van der Waals surface area contributed by atoms with E-state index in [0.717, 1.165) is 12.1 Å². The molecule has 0 bridgehead atoms. The lowest BCUT2D eigenvalue weighted by Crippen LogP contribution is -2.21. The fraction of sp³-hybridized carbons (Fsp3) is 0.333. The Morgan fingerprint density at radius 2 is 2.23 bits per heavy atom. The molecule has 0 aliphatic carbocycles. The smallest absolute Gasteiger partial charge is 0.138 e. The van der Waals surface area contributed by atoms with Crippen LogP contribution in [0.4, 0.5) is 0 Å². The van der Waals surface area contributed by atoms with Crippen LogP contribution in [0.25, 0.3) is 0 Å². The van der Waals surface area contributed by atoms with Crippen molar-refractivity contribution in [3.63, 3.8) is 0 Å². The molecule has 0 saturated carbocycles. The number of phenolic OH excluding ortho intramolecular Hbond substituents is 1. The maximum atomic E-state index is 9.49. The summed E-state index contributed by atoms with van der Waals surface area (Å²) in [4.78, 5) is 0. The van der Waals surface area contributed by atoms with Crippen LogP contribution >= 0.6 is 11.6 Å². The van der Waals surface area contributed by atoms with Gasteiger partial charge in [0.05, 0.1) is 5.02 Å². The highest BCUT2D eigenvalue weighted by atomic mass is 35.5. The summed E-state index contributed by atoms with van der Waals surface area (Å²) in [6, 6.07) is 5.29. The van der Waals surface area contributed by atoms with Crippen LogP contribution in [0.5, 0.6) is 5.75 Å². The van der Waals surface area contributed by atoms with Gasteiger partial charge in [-0.15, -0.1) is 0 Å². The third-order valence-electron chi connectivity index (χ3n) is 1.71. The van der Waals surface area contributed by atoms with E-state index in [1.807, 2.05) is 12.1 Å². The van der Waals surface area contributed by atoms with Crippen LogP contribution in [-0.4, -0.2) is 18.2 Å². The lowest BCUT2D eigenvalue weighted by molar-refractivity contribution is 0.465. The first-order valence-electron chi connectivity index (χ1n) is 4.13. The van der Waals surface area contributed by atoms with E-state index in [1.165, 1.54) is 0 Å². The average molecular weight is 201 g/mol. The first-order valence-corrected chi connectivity index (χ1v) is 4.50. The number of rotatable bonds is 4. The van der Waals surface area contributed by atoms with Gasteiger partial charge in [-0.05, 0) is 6.07 Å². The van der Waals surface area contributed by atoms with Crippen LogP contribution in [0.1, 0.15) is 5.56 Å². The van der Waals surface area contributed by atoms with E-state index in [0.29, 0.717) is 18.1 Å². The van der Waals surface area contributed by atoms with E-state index >= 15 is 0 Å². The molecule has 13 heavy (non-hydrogen) atoms. The molecule has 0 heterocycles. The van der Waals surface area contributed by atoms with Crippen molar-refractivity contribution in [1.82, 2.24) is 5.32 Å². The van der Waals surface area contributed by atoms with Crippen molar-refractivity contribution in [2.75, 3.05) is 13.1 Å². The lowest BCUT2D eigenvalue weighted by atomic mass is 10.2. The van der Waals surface area contributed by atoms with Crippen molar-refractivity contribution < 1.29 is 5.11 Å². The minimum absolute atomic E-state index is 0.147. The molecule has 0 amide bonds. The van der Waals surface area contributed by atoms with Gasteiger partial charge in [0.2, 0.25) is 0 Å². The van der Waals surface area contributed by atoms with Gasteiger partial charge in [-0.1, -0.05) is 23.7 Å². The fourth-order valence-electron chi connectivity index (χ4n) is 1.03. The fourth-order valence-corrected chi connectivity index (χ4v) is 1.22. The molecule has 3 nitrogen and oxygen atoms in total. The van der Waals surface area contributed by atoms with Crippen molar-refractivity contribution in [2.45, 2.75) is 6.54 Å². The molecule has 4 N–H and O–H groups in total. The molecule has 0 aliphatic rings. The van der Waals surface area contributed by atoms with Gasteiger partial charge >= 0.3 is 0 Å². The van der Waals surface area contributed by atoms with E-state index < -0.39 is 0 Å². The number of nitrogens with one attached hydrogen (secondary N) is 1. The summed E-state index contributed by atoms with van der Waals surface area (Å²) in [6.07, 6.45) is 0. The molecule has 0 saturated heterocycles. The zero-order valence-electron chi connectivity index (χ0n) is 7.26. The molecule has 0 aliphatic heterocycles. The lowest BCUT2D eigenvalue weighted by Gasteiger charge is -2.06. The van der Waals surface area contributed by atoms with Crippen LogP contribution in [0.3, 0.4) is 0 Å². The number of hydrogen-bond donors (Lipinski definition) is 3. The molecule has 0 aromatic heterocycles. The van der Waals surface area contributed by atoms with Gasteiger partial charge in [-0.2, -0.15) is 0 Å². The molecular weight excluding hydrogens is 188 g/mol. The first kappa shape index (κ1) is 10.3. The van der Waals surface area contributed by atoms with Gasteiger partial charge < -0.3 is 16.2 Å². The maximum absolute atomic E-state index is 9.49. The average Bonchev–Trinajstić information content (AvgIpc) is 2.13. The zero-order chi connectivity index (χ0) is 9.68. The van der Waals surface area contributed by atoms with E-state index in [-0.39, 0.29) is 5.75 Å². The quantitative estimate of drug-likeness (QED) is 0.638. The van der Waals surface area contributed by atoms with Gasteiger partial charge in [-0.3, -0.25) is 0 Å². The summed E-state index contributed by atoms with van der Waals surface area (Å²) in [5.74, 6) is 0.147. The summed E-state index contributed by atoms with van der Waals surface area (Å²) in [5, 5.41) is 13.0. The highest BCUT2D eigenvalue weighted by molar-refractivity contribution is 6.32. The monoisotopic (exact) mass is 200 g/mol. The molecule has 0 radical (unpaired) electrons. The maximum Gasteiger partial charge on any atom is 0.138 e. The largest absolute Gasteiger partial charge is 0.506 e. The number of nitrogens with two attached hydrogens (primary N) is 1. The number of hydrogen-bond acceptors (Lipinski definition) is 3. The Morgan fingerprint density at radius 1 is 1.46 bits per heavy atom. The highest BCUT2D eigenvalue weighted by Gasteiger charge is 2.03. The summed E-state index contributed by atoms with van der Waals surface area (Å²) < 4.78 is 0. The van der Waals surface area contributed by atoms with Gasteiger partial charge in [0.1, 0.15) is 5.75 Å². The molecule has 1 rings (SSSR count). The molecular formula is C9H13ClN2O. The SMILES string of the molecule is NCCNCc1cccc(Cl)c1O. The summed E-state index contributed by atoms with van der Waals surface area (Å²) in [7, 11) is 0. The van der Waals surface area contributed by atoms with Crippen molar-refractivity contribution >= 4 is 11.6 Å². The van der Waals surface area contributed by atoms with Crippen LogP contribution in [-0.2, 0) is 6.54 Å². The van der Waals surface area contributed by atoms with Gasteiger partial charge in [0, 0.05) is 25.2 Å². The molecule has 4 heteroatoms. The zero-order valence-corrected chi connectivity index (χ0v) is 8.01. The number of halogens is 1. The number of para-hydroxylation sites is 1. The van der Waals surface area contributed by atoms with Crippen molar-refractivity contribution in [3.8, 4) is 5.75 Å². The van der Waals surface area contributed by atoms with E-state index in [2.05, 4.69) is 5.32 Å². The van der Waals surface area contributed by atoms with Crippen molar-refractivity contribution in [2.24, 2.45) is 5.73 Å². The Hall–Kier alpha value is -0.770. The standard InChI is InChI=1S/C9H13ClN2O/c10-8-3-1-2-7(9(8)13)6-12-5-4-11/h1-3,12-13H,4-6,11H2. The van der Waals surface area contributed by atoms with Gasteiger partial charge in [0.25, 0.3) is 0 Å². The third kappa shape index (κ3) is 2.88. The van der Waals surface area contributed by atoms with Crippen molar-refractivity contribution in [1.29, 1.82) is 0 Å². The second-order valence-electron chi connectivity index (χ2n) is 2.71. The Kier molecular flexibility index (Phi) is 4.02. The Bertz CT molecular complexity index is 278. The van der Waals surface area contributed by atoms with E-state index in [1.54, 1.807) is 6.07 Å². The first-order chi connectivity index (χ1) is 6.25. The third-order valence-corrected chi connectivity index (χ3v) is 2.01. The molecule has 0 atom stereocenters. The second-order valence-corrected chi connectivity index (χ2v) is 3.12. The molecule has 72 valence electrons. The molecule has 1 aromatic rings. The second kappa shape index (κ2) is 5.07. The normalized spacial score (nSPS) is 10.3. The molecule has 0 fully saturated rings. The summed E-state index contributed by atoms with van der Waals surface area (Å²) in [6.45, 7) is 1.90. The molecule has 1 aromatic carbocycles. The van der Waals surface area contributed by atoms with Gasteiger partial charge in [0.15, 0.2) is 0 Å². The Balaban J connectivity index is 2.61. The van der Waals surface area contributed by atoms with Crippen LogP contribution in [0.2, 0.25) is 5.02 Å². The van der Waals surface area contributed by atoms with Crippen molar-refractivity contribution in [3.05, 3.63) is 28.8 Å². The topological polar surface area (TPSA) is 58.3 Å². The van der Waals surface area contributed by atoms with Gasteiger partial charge in [-0.25, -0.2) is 0 Å². The molecule has 0 unspecified atom stereocenters. The minimum atomic E-state index is 0.147. The Morgan fingerprint density at radius 3 is 2.92 bits per heavy atom. The van der Waals surface area contributed by atoms with E-state index in [9.17, 15) is 5.11 Å². The van der Waals surface area contributed by atoms with Crippen LogP contribution in [0.15, 0.2) is 18.2 Å². The van der Waals surface area contributed by atoms with E-state index in [4.69, 9.17) is 17.3 Å². The predicted molar refractivity (Wildman–Crippen MR) is 53.9 cm³/mol. The minimum Gasteiger partial charge on any atom is -0.506 e. The van der Waals surface area contributed by atoms with Crippen LogP contribution < -0.4 is 11.1 Å². The number of benzene rings is 1. The predicted octanol–water partition coefficient (Wildman–Crippen LogP) is 1.09. The van der Waals surface area contributed by atoms with Crippen LogP contribution in [0, 0.1) is 0 Å².